The fourth-order valence-corrected chi connectivity index (χ4v) is 4.77. The first kappa shape index (κ1) is 35.5. The highest BCUT2D eigenvalue weighted by molar-refractivity contribution is 5.93. The first-order chi connectivity index (χ1) is 19.1. The molecular weight excluding hydrogens is 506 g/mol. The zero-order valence-electron chi connectivity index (χ0n) is 26.1. The average Bonchev–Trinajstić information content (AvgIpc) is 2.88. The van der Waals surface area contributed by atoms with E-state index in [0.717, 1.165) is 12.8 Å². The van der Waals surface area contributed by atoms with Gasteiger partial charge in [-0.25, -0.2) is 4.79 Å². The van der Waals surface area contributed by atoms with E-state index < -0.39 is 5.97 Å². The van der Waals surface area contributed by atoms with Crippen molar-refractivity contribution in [2.45, 2.75) is 103 Å². The maximum absolute atomic E-state index is 12.5. The fourth-order valence-electron chi connectivity index (χ4n) is 4.77. The van der Waals surface area contributed by atoms with E-state index >= 15 is 0 Å². The third-order valence-electron chi connectivity index (χ3n) is 6.81. The molecule has 1 aliphatic heterocycles. The zero-order valence-corrected chi connectivity index (χ0v) is 26.1. The van der Waals surface area contributed by atoms with Crippen molar-refractivity contribution in [1.82, 2.24) is 20.9 Å². The van der Waals surface area contributed by atoms with Crippen LogP contribution in [0.1, 0.15) is 96.8 Å². The first-order valence-electron chi connectivity index (χ1n) is 15.5. The van der Waals surface area contributed by atoms with Crippen molar-refractivity contribution < 1.29 is 23.6 Å². The van der Waals surface area contributed by atoms with Crippen LogP contribution in [0.3, 0.4) is 0 Å². The molecule has 0 saturated heterocycles. The minimum atomic E-state index is -0.395. The molecule has 1 heterocycles. The van der Waals surface area contributed by atoms with Gasteiger partial charge in [-0.2, -0.15) is 0 Å². The van der Waals surface area contributed by atoms with Gasteiger partial charge < -0.3 is 30.1 Å². The number of allylic oxidation sites excluding steroid dienone is 1. The van der Waals surface area contributed by atoms with Gasteiger partial charge in [0.1, 0.15) is 6.61 Å². The number of urea groups is 1. The summed E-state index contributed by atoms with van der Waals surface area (Å²) in [6, 6.07) is -0.597. The Bertz CT molecular complexity index is 791. The zero-order chi connectivity index (χ0) is 29.6. The van der Waals surface area contributed by atoms with Gasteiger partial charge in [0.05, 0.1) is 46.7 Å². The first-order valence-corrected chi connectivity index (χ1v) is 15.5. The summed E-state index contributed by atoms with van der Waals surface area (Å²) >= 11 is 0. The number of rotatable bonds is 22. The molecule has 0 bridgehead atoms. The van der Waals surface area contributed by atoms with Gasteiger partial charge in [-0.1, -0.05) is 83.6 Å². The minimum Gasteiger partial charge on any atom is -0.464 e. The molecule has 9 nitrogen and oxygen atoms in total. The second-order valence-corrected chi connectivity index (χ2v) is 12.0. The molecule has 1 aliphatic rings. The van der Waals surface area contributed by atoms with Crippen LogP contribution >= 0.6 is 0 Å². The van der Waals surface area contributed by atoms with Gasteiger partial charge in [0.15, 0.2) is 0 Å². The molecule has 0 unspecified atom stereocenters. The van der Waals surface area contributed by atoms with Crippen LogP contribution in [0.2, 0.25) is 0 Å². The second kappa shape index (κ2) is 21.2. The number of likely N-dealkylation sites (N-methyl/N-ethyl adjacent to an activating group) is 1. The normalized spacial score (nSPS) is 13.9. The number of hydrogen-bond donors (Lipinski definition) is 3. The Morgan fingerprint density at radius 2 is 1.50 bits per heavy atom. The highest BCUT2D eigenvalue weighted by Crippen LogP contribution is 2.12. The lowest BCUT2D eigenvalue weighted by molar-refractivity contribution is -0.871. The molecule has 9 heteroatoms. The van der Waals surface area contributed by atoms with E-state index in [1.807, 2.05) is 45.4 Å². The monoisotopic (exact) mass is 564 g/mol. The van der Waals surface area contributed by atoms with Gasteiger partial charge in [0.2, 0.25) is 5.91 Å². The second-order valence-electron chi connectivity index (χ2n) is 12.0. The van der Waals surface area contributed by atoms with Crippen molar-refractivity contribution in [3.05, 3.63) is 24.0 Å². The van der Waals surface area contributed by atoms with Gasteiger partial charge in [0.25, 0.3) is 0 Å². The van der Waals surface area contributed by atoms with E-state index in [9.17, 15) is 14.4 Å². The van der Waals surface area contributed by atoms with Crippen LogP contribution in [-0.2, 0) is 14.3 Å². The Hall–Kier alpha value is -2.55. The lowest BCUT2D eigenvalue weighted by Gasteiger charge is -2.29. The molecule has 1 atom stereocenters. The van der Waals surface area contributed by atoms with Crippen LogP contribution in [0.15, 0.2) is 24.0 Å². The number of ether oxygens (including phenoxy) is 1. The van der Waals surface area contributed by atoms with Crippen molar-refractivity contribution in [1.29, 1.82) is 0 Å². The van der Waals surface area contributed by atoms with Crippen molar-refractivity contribution in [3.8, 4) is 0 Å². The lowest BCUT2D eigenvalue weighted by atomic mass is 10.1. The largest absolute Gasteiger partial charge is 0.464 e. The summed E-state index contributed by atoms with van der Waals surface area (Å²) in [5.74, 6) is -0.560. The van der Waals surface area contributed by atoms with Crippen LogP contribution in [-0.4, -0.2) is 87.8 Å². The van der Waals surface area contributed by atoms with Crippen molar-refractivity contribution in [2.75, 3.05) is 54.4 Å². The number of esters is 1. The Morgan fingerprint density at radius 3 is 2.08 bits per heavy atom. The van der Waals surface area contributed by atoms with Gasteiger partial charge >= 0.3 is 12.0 Å². The molecule has 0 aromatic heterocycles. The predicted molar refractivity (Wildman–Crippen MR) is 162 cm³/mol. The fraction of sp³-hybridized carbons (Fsp3) is 0.774. The smallest absolute Gasteiger partial charge is 0.315 e. The molecule has 230 valence electrons. The lowest BCUT2D eigenvalue weighted by Crippen LogP contribution is -2.52. The Labute approximate surface area is 243 Å². The number of carbonyl (C=O) groups excluding carboxylic acids is 3. The quantitative estimate of drug-likeness (QED) is 0.0992. The summed E-state index contributed by atoms with van der Waals surface area (Å²) in [6.45, 7) is 3.80. The third kappa shape index (κ3) is 19.5. The molecule has 0 radical (unpaired) electrons. The van der Waals surface area contributed by atoms with Crippen LogP contribution in [0.5, 0.6) is 0 Å². The summed E-state index contributed by atoms with van der Waals surface area (Å²) in [5, 5.41) is 8.67. The maximum Gasteiger partial charge on any atom is 0.315 e. The summed E-state index contributed by atoms with van der Waals surface area (Å²) in [6.07, 6.45) is 21.6. The average molecular weight is 565 g/mol. The summed E-state index contributed by atoms with van der Waals surface area (Å²) in [7, 11) is 7.93. The van der Waals surface area contributed by atoms with Crippen molar-refractivity contribution in [2.24, 2.45) is 0 Å². The molecule has 0 fully saturated rings. The topological polar surface area (TPSA) is 99.8 Å². The SMILES string of the molecule is CCCCCCCCCCCCCCNC(=O)N[C@H](CC(=O)OCCNC(=O)C1=CN(C)C=CC1)C[N+](C)(C)C. The molecule has 3 N–H and O–H groups in total. The maximum atomic E-state index is 12.5. The van der Waals surface area contributed by atoms with Crippen LogP contribution in [0.25, 0.3) is 0 Å². The highest BCUT2D eigenvalue weighted by Gasteiger charge is 2.24. The highest BCUT2D eigenvalue weighted by atomic mass is 16.5. The number of nitrogens with zero attached hydrogens (tertiary/aromatic N) is 2. The number of carbonyl (C=O) groups is 3. The summed E-state index contributed by atoms with van der Waals surface area (Å²) < 4.78 is 5.94. The van der Waals surface area contributed by atoms with Gasteiger partial charge in [-0.15, -0.1) is 0 Å². The van der Waals surface area contributed by atoms with E-state index in [1.54, 1.807) is 6.20 Å². The van der Waals surface area contributed by atoms with Crippen LogP contribution < -0.4 is 16.0 Å². The van der Waals surface area contributed by atoms with Crippen molar-refractivity contribution >= 4 is 17.9 Å². The number of nitrogens with one attached hydrogen (secondary N) is 3. The van der Waals surface area contributed by atoms with E-state index in [4.69, 9.17) is 4.74 Å². The van der Waals surface area contributed by atoms with Gasteiger partial charge in [-0.3, -0.25) is 9.59 Å². The Morgan fingerprint density at radius 1 is 0.900 bits per heavy atom. The van der Waals surface area contributed by atoms with E-state index in [0.29, 0.717) is 29.6 Å². The molecule has 0 aliphatic carbocycles. The molecule has 1 rings (SSSR count). The minimum absolute atomic E-state index is 0.0796. The van der Waals surface area contributed by atoms with Crippen LogP contribution in [0.4, 0.5) is 4.79 Å². The number of hydrogen-bond acceptors (Lipinski definition) is 5. The van der Waals surface area contributed by atoms with E-state index in [-0.39, 0.29) is 37.6 Å². The molecular formula is C31H58N5O4+. The molecule has 40 heavy (non-hydrogen) atoms. The molecule has 3 amide bonds. The predicted octanol–water partition coefficient (Wildman–Crippen LogP) is 4.84. The summed E-state index contributed by atoms with van der Waals surface area (Å²) in [5.41, 5.74) is 0.665. The van der Waals surface area contributed by atoms with E-state index in [1.165, 1.54) is 64.2 Å². The summed E-state index contributed by atoms with van der Waals surface area (Å²) in [4.78, 5) is 39.0. The molecule has 0 saturated carbocycles. The van der Waals surface area contributed by atoms with E-state index in [2.05, 4.69) is 22.9 Å². The molecule has 0 aromatic rings. The van der Waals surface area contributed by atoms with Crippen molar-refractivity contribution in [3.63, 3.8) is 0 Å². The third-order valence-corrected chi connectivity index (χ3v) is 6.81. The number of unbranched alkanes of at least 4 members (excludes halogenated alkanes) is 11. The Balaban J connectivity index is 2.20. The van der Waals surface area contributed by atoms with Crippen LogP contribution in [0, 0.1) is 0 Å². The number of quaternary nitrogens is 1. The Kier molecular flexibility index (Phi) is 18.8. The van der Waals surface area contributed by atoms with Gasteiger partial charge in [-0.05, 0) is 19.0 Å². The van der Waals surface area contributed by atoms with Gasteiger partial charge in [0, 0.05) is 25.4 Å². The number of amides is 3. The molecule has 0 spiro atoms. The molecule has 0 aromatic carbocycles. The standard InChI is InChI=1S/C31H57N5O4/c1-6-7-8-9-10-11-12-13-14-15-16-17-20-33-31(39)34-28(26-36(3,4)5)24-29(37)40-23-21-32-30(38)27-19-18-22-35(2)25-27/h18,22,25,28H,6-17,19-21,23-24,26H2,1-5H3,(H2-,32,33,34,38,39)/p+1/t28-/m1/s1.